The molecule has 0 radical (unpaired) electrons. The third-order valence-electron chi connectivity index (χ3n) is 3.77. The number of esters is 1. The average molecular weight is 398 g/mol. The number of hydrogen-bond acceptors (Lipinski definition) is 5. The highest BCUT2D eigenvalue weighted by molar-refractivity contribution is 5.96. The normalized spacial score (nSPS) is 11.0. The van der Waals surface area contributed by atoms with E-state index in [0.29, 0.717) is 5.69 Å². The first-order chi connectivity index (χ1) is 14.0. The quantitative estimate of drug-likeness (QED) is 0.480. The molecule has 0 fully saturated rings. The van der Waals surface area contributed by atoms with Gasteiger partial charge in [-0.1, -0.05) is 24.3 Å². The van der Waals surface area contributed by atoms with Crippen molar-refractivity contribution in [3.8, 4) is 5.75 Å². The Labute approximate surface area is 164 Å². The summed E-state index contributed by atoms with van der Waals surface area (Å²) in [4.78, 5) is 28.0. The zero-order valence-electron chi connectivity index (χ0n) is 15.0. The second kappa shape index (κ2) is 9.41. The van der Waals surface area contributed by atoms with Crippen molar-refractivity contribution in [2.45, 2.75) is 6.61 Å². The maximum atomic E-state index is 12.1. The second-order valence-electron chi connectivity index (χ2n) is 5.81. The first kappa shape index (κ1) is 19.9. The van der Waals surface area contributed by atoms with Gasteiger partial charge >= 0.3 is 12.6 Å². The van der Waals surface area contributed by atoms with Crippen molar-refractivity contribution in [2.24, 2.45) is 0 Å². The van der Waals surface area contributed by atoms with E-state index < -0.39 is 25.1 Å². The molecule has 6 nitrogen and oxygen atoms in total. The number of aromatic nitrogens is 1. The number of halogens is 2. The van der Waals surface area contributed by atoms with Gasteiger partial charge in [-0.3, -0.25) is 9.78 Å². The molecule has 0 aliphatic rings. The van der Waals surface area contributed by atoms with E-state index in [-0.39, 0.29) is 5.75 Å². The Morgan fingerprint density at radius 3 is 2.59 bits per heavy atom. The summed E-state index contributed by atoms with van der Waals surface area (Å²) >= 11 is 0. The van der Waals surface area contributed by atoms with Crippen LogP contribution in [-0.4, -0.2) is 30.1 Å². The molecule has 0 saturated heterocycles. The number of carbonyl (C=O) groups excluding carboxylic acids is 2. The van der Waals surface area contributed by atoms with Crippen molar-refractivity contribution < 1.29 is 27.8 Å². The van der Waals surface area contributed by atoms with Crippen LogP contribution in [0, 0.1) is 0 Å². The molecule has 3 rings (SSSR count). The predicted molar refractivity (Wildman–Crippen MR) is 103 cm³/mol. The fraction of sp³-hybridized carbons (Fsp3) is 0.0952. The van der Waals surface area contributed by atoms with E-state index in [2.05, 4.69) is 15.0 Å². The van der Waals surface area contributed by atoms with Crippen molar-refractivity contribution in [1.29, 1.82) is 0 Å². The van der Waals surface area contributed by atoms with Crippen LogP contribution >= 0.6 is 0 Å². The van der Waals surface area contributed by atoms with E-state index in [9.17, 15) is 18.4 Å². The minimum Gasteiger partial charge on any atom is -0.452 e. The highest BCUT2D eigenvalue weighted by Crippen LogP contribution is 2.18. The number of carbonyl (C=O) groups is 2. The number of anilines is 1. The third-order valence-corrected chi connectivity index (χ3v) is 3.77. The molecule has 29 heavy (non-hydrogen) atoms. The summed E-state index contributed by atoms with van der Waals surface area (Å²) in [5.41, 5.74) is 1.84. The first-order valence-electron chi connectivity index (χ1n) is 8.54. The Kier molecular flexibility index (Phi) is 6.47. The maximum absolute atomic E-state index is 12.1. The average Bonchev–Trinajstić information content (AvgIpc) is 2.71. The van der Waals surface area contributed by atoms with Crippen LogP contribution in [0.4, 0.5) is 14.5 Å². The summed E-state index contributed by atoms with van der Waals surface area (Å²) in [7, 11) is 0. The van der Waals surface area contributed by atoms with E-state index >= 15 is 0 Å². The van der Waals surface area contributed by atoms with Crippen LogP contribution in [0.3, 0.4) is 0 Å². The van der Waals surface area contributed by atoms with E-state index in [1.54, 1.807) is 12.3 Å². The molecular formula is C21H16F2N2O4. The number of hydrogen-bond donors (Lipinski definition) is 1. The van der Waals surface area contributed by atoms with Crippen LogP contribution in [0.15, 0.2) is 66.9 Å². The molecule has 0 atom stereocenters. The van der Waals surface area contributed by atoms with Gasteiger partial charge in [-0.15, -0.1) is 0 Å². The molecule has 0 saturated carbocycles. The van der Waals surface area contributed by atoms with Crippen molar-refractivity contribution in [2.75, 3.05) is 11.9 Å². The number of nitrogens with zero attached hydrogens (tertiary/aromatic N) is 1. The fourth-order valence-corrected chi connectivity index (χ4v) is 2.52. The Bertz CT molecular complexity index is 1030. The smallest absolute Gasteiger partial charge is 0.387 e. The van der Waals surface area contributed by atoms with Crippen LogP contribution < -0.4 is 10.1 Å². The summed E-state index contributed by atoms with van der Waals surface area (Å²) in [5, 5.41) is 3.42. The van der Waals surface area contributed by atoms with Gasteiger partial charge in [0, 0.05) is 28.9 Å². The van der Waals surface area contributed by atoms with E-state index in [4.69, 9.17) is 4.74 Å². The van der Waals surface area contributed by atoms with Crippen molar-refractivity contribution in [3.05, 3.63) is 72.4 Å². The molecule has 2 aromatic carbocycles. The zero-order chi connectivity index (χ0) is 20.6. The van der Waals surface area contributed by atoms with Crippen molar-refractivity contribution >= 4 is 34.5 Å². The number of benzene rings is 2. The number of nitrogens with one attached hydrogen (secondary N) is 1. The predicted octanol–water partition coefficient (Wildman–Crippen LogP) is 4.03. The summed E-state index contributed by atoms with van der Waals surface area (Å²) in [6.45, 7) is -3.42. The molecule has 1 N–H and O–H groups in total. The number of ether oxygens (including phenoxy) is 2. The number of rotatable bonds is 7. The number of alkyl halides is 2. The molecule has 0 aliphatic heterocycles. The molecule has 8 heteroatoms. The Morgan fingerprint density at radius 2 is 1.83 bits per heavy atom. The summed E-state index contributed by atoms with van der Waals surface area (Å²) in [6, 6.07) is 14.7. The lowest BCUT2D eigenvalue weighted by molar-refractivity contribution is -0.142. The van der Waals surface area contributed by atoms with Gasteiger partial charge in [0.25, 0.3) is 5.91 Å². The van der Waals surface area contributed by atoms with Crippen molar-refractivity contribution in [3.63, 3.8) is 0 Å². The lowest BCUT2D eigenvalue weighted by atomic mass is 10.1. The molecule has 0 aliphatic carbocycles. The largest absolute Gasteiger partial charge is 0.452 e. The van der Waals surface area contributed by atoms with Crippen LogP contribution in [-0.2, 0) is 14.3 Å². The minimum atomic E-state index is -2.92. The van der Waals surface area contributed by atoms with Gasteiger partial charge in [0.05, 0.1) is 5.52 Å². The molecule has 1 heterocycles. The minimum absolute atomic E-state index is 0.0301. The van der Waals surface area contributed by atoms with Gasteiger partial charge in [0.2, 0.25) is 0 Å². The van der Waals surface area contributed by atoms with E-state index in [0.717, 1.165) is 16.5 Å². The topological polar surface area (TPSA) is 77.5 Å². The van der Waals surface area contributed by atoms with Gasteiger partial charge in [-0.05, 0) is 36.4 Å². The molecule has 1 aromatic heterocycles. The van der Waals surface area contributed by atoms with Crippen LogP contribution in [0.1, 0.15) is 5.56 Å². The second-order valence-corrected chi connectivity index (χ2v) is 5.81. The number of pyridine rings is 1. The SMILES string of the molecule is O=C(COC(=O)/C=C/c1cccc2cccnc12)Nc1ccc(OC(F)F)cc1. The fourth-order valence-electron chi connectivity index (χ4n) is 2.52. The summed E-state index contributed by atoms with van der Waals surface area (Å²) < 4.78 is 33.3. The molecular weight excluding hydrogens is 382 g/mol. The Hall–Kier alpha value is -3.81. The lowest BCUT2D eigenvalue weighted by Gasteiger charge is -2.07. The molecule has 0 bridgehead atoms. The molecule has 3 aromatic rings. The van der Waals surface area contributed by atoms with Crippen LogP contribution in [0.5, 0.6) is 5.75 Å². The van der Waals surface area contributed by atoms with Crippen LogP contribution in [0.25, 0.3) is 17.0 Å². The lowest BCUT2D eigenvalue weighted by Crippen LogP contribution is -2.20. The van der Waals surface area contributed by atoms with Crippen LogP contribution in [0.2, 0.25) is 0 Å². The van der Waals surface area contributed by atoms with Gasteiger partial charge in [-0.2, -0.15) is 8.78 Å². The molecule has 0 unspecified atom stereocenters. The monoisotopic (exact) mass is 398 g/mol. The van der Waals surface area contributed by atoms with Gasteiger partial charge in [0.15, 0.2) is 6.61 Å². The Morgan fingerprint density at radius 1 is 1.07 bits per heavy atom. The summed E-state index contributed by atoms with van der Waals surface area (Å²) in [5.74, 6) is -1.28. The first-order valence-corrected chi connectivity index (χ1v) is 8.54. The Balaban J connectivity index is 1.51. The maximum Gasteiger partial charge on any atom is 0.387 e. The molecule has 0 spiro atoms. The zero-order valence-corrected chi connectivity index (χ0v) is 15.0. The van der Waals surface area contributed by atoms with Gasteiger partial charge in [0.1, 0.15) is 5.75 Å². The highest BCUT2D eigenvalue weighted by Gasteiger charge is 2.08. The standard InChI is InChI=1S/C21H16F2N2O4/c22-21(23)29-17-9-7-16(8-10-17)25-18(26)13-28-19(27)11-6-15-4-1-3-14-5-2-12-24-20(14)15/h1-12,21H,13H2,(H,25,26)/b11-6+. The number of para-hydroxylation sites is 1. The highest BCUT2D eigenvalue weighted by atomic mass is 19.3. The van der Waals surface area contributed by atoms with E-state index in [1.807, 2.05) is 30.3 Å². The molecule has 1 amide bonds. The number of fused-ring (bicyclic) bond motifs is 1. The third kappa shape index (κ3) is 5.83. The van der Waals surface area contributed by atoms with Crippen molar-refractivity contribution in [1.82, 2.24) is 4.98 Å². The van der Waals surface area contributed by atoms with Gasteiger partial charge < -0.3 is 14.8 Å². The summed E-state index contributed by atoms with van der Waals surface area (Å²) in [6.07, 6.45) is 4.44. The van der Waals surface area contributed by atoms with Gasteiger partial charge in [-0.25, -0.2) is 4.79 Å². The van der Waals surface area contributed by atoms with E-state index in [1.165, 1.54) is 30.3 Å². The number of amides is 1. The molecule has 148 valence electrons.